The van der Waals surface area contributed by atoms with Crippen molar-refractivity contribution in [1.82, 2.24) is 0 Å². The van der Waals surface area contributed by atoms with Crippen molar-refractivity contribution in [3.63, 3.8) is 0 Å². The van der Waals surface area contributed by atoms with E-state index in [1.54, 1.807) is 6.42 Å². The first-order valence-electron chi connectivity index (χ1n) is 12.4. The van der Waals surface area contributed by atoms with E-state index in [1.165, 1.54) is 70.6 Å². The van der Waals surface area contributed by atoms with Gasteiger partial charge in [-0.05, 0) is 91.8 Å². The van der Waals surface area contributed by atoms with E-state index in [4.69, 9.17) is 4.74 Å². The van der Waals surface area contributed by atoms with E-state index in [1.807, 2.05) is 7.11 Å². The maximum absolute atomic E-state index is 5.38. The number of fused-ring (bicyclic) bond motifs is 5. The monoisotopic (exact) mass is 372 g/mol. The summed E-state index contributed by atoms with van der Waals surface area (Å²) in [5.41, 5.74) is 1.25. The summed E-state index contributed by atoms with van der Waals surface area (Å²) in [6, 6.07) is 0. The number of rotatable bonds is 5. The fourth-order valence-corrected chi connectivity index (χ4v) is 9.84. The van der Waals surface area contributed by atoms with Crippen LogP contribution < -0.4 is 0 Å². The lowest BCUT2D eigenvalue weighted by atomic mass is 9.32. The van der Waals surface area contributed by atoms with Crippen LogP contribution >= 0.6 is 0 Å². The molecular formula is C25H45BO. The molecule has 4 saturated carbocycles. The molecule has 0 heterocycles. The third-order valence-electron chi connectivity index (χ3n) is 10.9. The second-order valence-corrected chi connectivity index (χ2v) is 11.8. The van der Waals surface area contributed by atoms with Gasteiger partial charge < -0.3 is 4.74 Å². The van der Waals surface area contributed by atoms with E-state index in [0.717, 1.165) is 36.2 Å². The first-order valence-corrected chi connectivity index (χ1v) is 12.4. The summed E-state index contributed by atoms with van der Waals surface area (Å²) < 4.78 is 5.38. The molecule has 0 N–H and O–H groups in total. The van der Waals surface area contributed by atoms with E-state index >= 15 is 0 Å². The minimum atomic E-state index is 0.603. The Morgan fingerprint density at radius 3 is 2.48 bits per heavy atom. The highest BCUT2D eigenvalue weighted by Crippen LogP contribution is 2.75. The molecule has 4 aliphatic carbocycles. The molecule has 27 heavy (non-hydrogen) atoms. The molecule has 0 aliphatic heterocycles. The van der Waals surface area contributed by atoms with E-state index in [9.17, 15) is 0 Å². The molecule has 4 fully saturated rings. The van der Waals surface area contributed by atoms with Crippen LogP contribution in [0.15, 0.2) is 0 Å². The molecule has 8 atom stereocenters. The van der Waals surface area contributed by atoms with Gasteiger partial charge in [-0.25, -0.2) is 0 Å². The fourth-order valence-electron chi connectivity index (χ4n) is 9.84. The quantitative estimate of drug-likeness (QED) is 0.408. The fraction of sp³-hybridized carbons (Fsp3) is 1.00. The third-order valence-corrected chi connectivity index (χ3v) is 10.9. The van der Waals surface area contributed by atoms with Crippen molar-refractivity contribution in [2.45, 2.75) is 103 Å². The maximum Gasteiger partial charge on any atom is 0.110 e. The van der Waals surface area contributed by atoms with Gasteiger partial charge in [-0.15, -0.1) is 0 Å². The zero-order chi connectivity index (χ0) is 19.3. The van der Waals surface area contributed by atoms with Gasteiger partial charge in [-0.1, -0.05) is 51.8 Å². The van der Waals surface area contributed by atoms with Crippen molar-refractivity contribution < 1.29 is 4.74 Å². The van der Waals surface area contributed by atoms with Gasteiger partial charge in [0.15, 0.2) is 0 Å². The summed E-state index contributed by atoms with van der Waals surface area (Å²) in [5.74, 6) is 4.94. The molecule has 0 saturated heterocycles. The topological polar surface area (TPSA) is 9.23 Å². The molecule has 4 rings (SSSR count). The molecule has 0 radical (unpaired) electrons. The second kappa shape index (κ2) is 7.37. The average molecular weight is 372 g/mol. The highest BCUT2D eigenvalue weighted by molar-refractivity contribution is 6.16. The van der Waals surface area contributed by atoms with Gasteiger partial charge in [0.25, 0.3) is 0 Å². The third kappa shape index (κ3) is 2.98. The van der Waals surface area contributed by atoms with Crippen molar-refractivity contribution in [1.29, 1.82) is 0 Å². The lowest BCUT2D eigenvalue weighted by molar-refractivity contribution is -0.126. The summed E-state index contributed by atoms with van der Waals surface area (Å²) in [5, 5.41) is 0.603. The Morgan fingerprint density at radius 2 is 1.74 bits per heavy atom. The maximum atomic E-state index is 5.38. The van der Waals surface area contributed by atoms with Gasteiger partial charge in [0, 0.05) is 13.7 Å². The number of ether oxygens (including phenoxy) is 1. The van der Waals surface area contributed by atoms with Crippen LogP contribution in [0.25, 0.3) is 0 Å². The minimum absolute atomic E-state index is 0.603. The van der Waals surface area contributed by atoms with Crippen LogP contribution in [0, 0.1) is 40.4 Å². The Hall–Kier alpha value is 0.0249. The lowest BCUT2D eigenvalue weighted by Crippen LogP contribution is -2.58. The number of hydrogen-bond donors (Lipinski definition) is 0. The molecule has 6 unspecified atom stereocenters. The normalized spacial score (nSPS) is 52.1. The van der Waals surface area contributed by atoms with Gasteiger partial charge in [0.2, 0.25) is 0 Å². The van der Waals surface area contributed by atoms with E-state index in [-0.39, 0.29) is 0 Å². The standard InChI is InChI=1S/C25H45BO/c1-5-18-17-25(26)21-12-11-19(9-8-16-27-4)23(21,2)15-13-22(25)24(3)14-7-6-10-20(18)24/h18-22H,5-17,26H2,1-4H3/t18-,19?,20?,21?,22+,23?,24?,25?/m0/s1. The zero-order valence-corrected chi connectivity index (χ0v) is 19.0. The minimum Gasteiger partial charge on any atom is -0.385 e. The molecule has 0 amide bonds. The summed E-state index contributed by atoms with van der Waals surface area (Å²) in [6.45, 7) is 8.90. The molecule has 0 aromatic rings. The molecule has 2 heteroatoms. The summed E-state index contributed by atoms with van der Waals surface area (Å²) in [4.78, 5) is 0. The van der Waals surface area contributed by atoms with E-state index in [0.29, 0.717) is 16.1 Å². The molecule has 4 aliphatic rings. The molecule has 0 bridgehead atoms. The van der Waals surface area contributed by atoms with Gasteiger partial charge in [-0.3, -0.25) is 0 Å². The zero-order valence-electron chi connectivity index (χ0n) is 19.0. The SMILES string of the molecule is BC12C[C@H](CC)C3CCCCC3(C)[C@H]1CCC1(C)C(CCCOC)CCC12. The van der Waals surface area contributed by atoms with Gasteiger partial charge in [0.05, 0.1) is 0 Å². The Morgan fingerprint density at radius 1 is 0.963 bits per heavy atom. The Bertz CT molecular complexity index is 534. The van der Waals surface area contributed by atoms with Crippen LogP contribution in [0.5, 0.6) is 0 Å². The van der Waals surface area contributed by atoms with Crippen molar-refractivity contribution in [3.8, 4) is 0 Å². The summed E-state index contributed by atoms with van der Waals surface area (Å²) in [6.07, 6.45) is 17.7. The van der Waals surface area contributed by atoms with Crippen molar-refractivity contribution in [2.24, 2.45) is 40.4 Å². The number of hydrogen-bond acceptors (Lipinski definition) is 1. The van der Waals surface area contributed by atoms with Crippen molar-refractivity contribution in [2.75, 3.05) is 13.7 Å². The first-order chi connectivity index (χ1) is 12.9. The Balaban J connectivity index is 1.62. The Kier molecular flexibility index (Phi) is 5.54. The highest BCUT2D eigenvalue weighted by Gasteiger charge is 2.65. The van der Waals surface area contributed by atoms with Gasteiger partial charge in [0.1, 0.15) is 7.85 Å². The molecule has 0 aromatic carbocycles. The summed E-state index contributed by atoms with van der Waals surface area (Å²) in [7, 11) is 4.63. The van der Waals surface area contributed by atoms with Gasteiger partial charge >= 0.3 is 0 Å². The molecule has 0 aromatic heterocycles. The predicted octanol–water partition coefficient (Wildman–Crippen LogP) is 6.27. The highest BCUT2D eigenvalue weighted by atomic mass is 16.5. The van der Waals surface area contributed by atoms with Crippen molar-refractivity contribution in [3.05, 3.63) is 0 Å². The van der Waals surface area contributed by atoms with Gasteiger partial charge in [-0.2, -0.15) is 0 Å². The van der Waals surface area contributed by atoms with Crippen LogP contribution in [0.3, 0.4) is 0 Å². The molecule has 0 spiro atoms. The predicted molar refractivity (Wildman–Crippen MR) is 118 cm³/mol. The van der Waals surface area contributed by atoms with E-state index in [2.05, 4.69) is 28.6 Å². The lowest BCUT2D eigenvalue weighted by Gasteiger charge is -2.68. The smallest absolute Gasteiger partial charge is 0.110 e. The molecule has 154 valence electrons. The van der Waals surface area contributed by atoms with Crippen LogP contribution in [0.2, 0.25) is 5.31 Å². The first kappa shape index (κ1) is 20.3. The van der Waals surface area contributed by atoms with Crippen LogP contribution in [0.4, 0.5) is 0 Å². The summed E-state index contributed by atoms with van der Waals surface area (Å²) >= 11 is 0. The average Bonchev–Trinajstić information content (AvgIpc) is 2.98. The molecular weight excluding hydrogens is 327 g/mol. The van der Waals surface area contributed by atoms with Crippen LogP contribution in [0.1, 0.15) is 97.8 Å². The van der Waals surface area contributed by atoms with E-state index < -0.39 is 0 Å². The number of methoxy groups -OCH3 is 1. The molecule has 1 nitrogen and oxygen atoms in total. The van der Waals surface area contributed by atoms with Crippen LogP contribution in [-0.4, -0.2) is 21.6 Å². The second-order valence-electron chi connectivity index (χ2n) is 11.8. The Labute approximate surface area is 170 Å². The van der Waals surface area contributed by atoms with Crippen LogP contribution in [-0.2, 0) is 4.74 Å². The largest absolute Gasteiger partial charge is 0.385 e. The van der Waals surface area contributed by atoms with Crippen molar-refractivity contribution >= 4 is 7.85 Å².